The fraction of sp³-hybridized carbons (Fsp3) is 0.381. The lowest BCUT2D eigenvalue weighted by molar-refractivity contribution is -0.131. The van der Waals surface area contributed by atoms with Gasteiger partial charge >= 0.3 is 0 Å². The lowest BCUT2D eigenvalue weighted by Gasteiger charge is -2.42. The van der Waals surface area contributed by atoms with Gasteiger partial charge in [-0.25, -0.2) is 0 Å². The van der Waals surface area contributed by atoms with Crippen molar-refractivity contribution in [1.29, 1.82) is 0 Å². The summed E-state index contributed by atoms with van der Waals surface area (Å²) in [5.41, 5.74) is 5.58. The van der Waals surface area contributed by atoms with Gasteiger partial charge < -0.3 is 23.8 Å². The maximum Gasteiger partial charge on any atom is 0.231 e. The van der Waals surface area contributed by atoms with Crippen molar-refractivity contribution < 1.29 is 23.7 Å². The number of carbonyl (C=O) groups excluding carboxylic acids is 1. The number of carbonyl (C=O) groups is 1. The van der Waals surface area contributed by atoms with Crippen LogP contribution in [0.15, 0.2) is 18.2 Å². The monoisotopic (exact) mass is 367 g/mol. The number of fused-ring (bicyclic) bond motifs is 3. The summed E-state index contributed by atoms with van der Waals surface area (Å²) in [5.74, 6) is 3.00. The number of benzene rings is 2. The van der Waals surface area contributed by atoms with E-state index in [9.17, 15) is 4.79 Å². The summed E-state index contributed by atoms with van der Waals surface area (Å²) in [5, 5.41) is 0. The third kappa shape index (κ3) is 2.22. The molecule has 0 radical (unpaired) electrons. The zero-order valence-corrected chi connectivity index (χ0v) is 15.6. The molecule has 140 valence electrons. The zero-order valence-electron chi connectivity index (χ0n) is 15.6. The van der Waals surface area contributed by atoms with Crippen LogP contribution in [-0.4, -0.2) is 38.4 Å². The quantitative estimate of drug-likeness (QED) is 0.816. The summed E-state index contributed by atoms with van der Waals surface area (Å²) >= 11 is 0. The molecule has 6 heteroatoms. The van der Waals surface area contributed by atoms with Crippen LogP contribution in [0.2, 0.25) is 0 Å². The Morgan fingerprint density at radius 1 is 1.11 bits per heavy atom. The minimum atomic E-state index is -0.00562. The highest BCUT2D eigenvalue weighted by Gasteiger charge is 2.39. The molecule has 2 heterocycles. The predicted octanol–water partition coefficient (Wildman–Crippen LogP) is 3.10. The normalized spacial score (nSPS) is 18.6. The molecule has 2 aromatic carbocycles. The van der Waals surface area contributed by atoms with Gasteiger partial charge in [0.05, 0.1) is 20.3 Å². The van der Waals surface area contributed by atoms with E-state index >= 15 is 0 Å². The average molecular weight is 367 g/mol. The molecule has 1 atom stereocenters. The number of rotatable bonds is 2. The standard InChI is InChI=1S/C21H21NO5/c1-11(23)22-5-4-12-7-18(24-2)21(25-3)20-14-9-17-16(26-10-27-17)8-13(14)6-15(22)19(12)20/h7-9,15H,4-6,10H2,1-3H3/t15-/m0/s1. The summed E-state index contributed by atoms with van der Waals surface area (Å²) in [6.45, 7) is 2.58. The SMILES string of the molecule is COc1cc2c3c(c1OC)-c1cc4c(cc1C[C@@H]3N(C(C)=O)CC2)OCO4. The number of ether oxygens (including phenoxy) is 4. The first-order chi connectivity index (χ1) is 13.1. The number of hydrogen-bond acceptors (Lipinski definition) is 5. The van der Waals surface area contributed by atoms with Gasteiger partial charge in [-0.05, 0) is 53.3 Å². The van der Waals surface area contributed by atoms with E-state index < -0.39 is 0 Å². The van der Waals surface area contributed by atoms with Gasteiger partial charge in [-0.1, -0.05) is 0 Å². The summed E-state index contributed by atoms with van der Waals surface area (Å²) < 4.78 is 22.6. The Labute approximate surface area is 157 Å². The largest absolute Gasteiger partial charge is 0.493 e. The van der Waals surface area contributed by atoms with Crippen molar-refractivity contribution in [1.82, 2.24) is 4.90 Å². The molecule has 0 N–H and O–H groups in total. The van der Waals surface area contributed by atoms with Crippen molar-refractivity contribution in [3.8, 4) is 34.1 Å². The Morgan fingerprint density at radius 3 is 2.59 bits per heavy atom. The van der Waals surface area contributed by atoms with Crippen molar-refractivity contribution in [2.75, 3.05) is 27.6 Å². The first kappa shape index (κ1) is 16.3. The maximum absolute atomic E-state index is 12.3. The van der Waals surface area contributed by atoms with Crippen LogP contribution in [0.1, 0.15) is 29.7 Å². The van der Waals surface area contributed by atoms with E-state index in [-0.39, 0.29) is 18.7 Å². The van der Waals surface area contributed by atoms with Gasteiger partial charge in [-0.15, -0.1) is 0 Å². The molecular weight excluding hydrogens is 346 g/mol. The van der Waals surface area contributed by atoms with Gasteiger partial charge in [0.15, 0.2) is 23.0 Å². The molecule has 6 nitrogen and oxygen atoms in total. The van der Waals surface area contributed by atoms with Crippen molar-refractivity contribution in [2.24, 2.45) is 0 Å². The molecule has 0 saturated carbocycles. The smallest absolute Gasteiger partial charge is 0.231 e. The Bertz CT molecular complexity index is 968. The summed E-state index contributed by atoms with van der Waals surface area (Å²) in [4.78, 5) is 14.3. The molecule has 3 aliphatic rings. The van der Waals surface area contributed by atoms with Crippen molar-refractivity contribution in [2.45, 2.75) is 25.8 Å². The van der Waals surface area contributed by atoms with E-state index in [1.807, 2.05) is 17.0 Å². The van der Waals surface area contributed by atoms with Crippen LogP contribution in [0.25, 0.3) is 11.1 Å². The topological polar surface area (TPSA) is 57.2 Å². The van der Waals surface area contributed by atoms with E-state index in [2.05, 4.69) is 6.07 Å². The second kappa shape index (κ2) is 5.81. The maximum atomic E-state index is 12.3. The highest BCUT2D eigenvalue weighted by atomic mass is 16.7. The minimum absolute atomic E-state index is 0.00562. The van der Waals surface area contributed by atoms with Crippen LogP contribution in [-0.2, 0) is 17.6 Å². The fourth-order valence-corrected chi connectivity index (χ4v) is 4.65. The molecule has 1 aliphatic carbocycles. The Morgan fingerprint density at radius 2 is 1.89 bits per heavy atom. The molecule has 0 spiro atoms. The molecule has 0 unspecified atom stereocenters. The van der Waals surface area contributed by atoms with Crippen LogP contribution in [0, 0.1) is 0 Å². The van der Waals surface area contributed by atoms with Crippen molar-refractivity contribution in [3.05, 3.63) is 34.9 Å². The molecular formula is C21H21NO5. The minimum Gasteiger partial charge on any atom is -0.493 e. The van der Waals surface area contributed by atoms with Gasteiger partial charge in [0, 0.05) is 19.0 Å². The van der Waals surface area contributed by atoms with Gasteiger partial charge in [-0.2, -0.15) is 0 Å². The van der Waals surface area contributed by atoms with Crippen LogP contribution in [0.5, 0.6) is 23.0 Å². The van der Waals surface area contributed by atoms with Crippen LogP contribution < -0.4 is 18.9 Å². The number of nitrogens with zero attached hydrogens (tertiary/aromatic N) is 1. The van der Waals surface area contributed by atoms with Gasteiger partial charge in [0.1, 0.15) is 0 Å². The fourth-order valence-electron chi connectivity index (χ4n) is 4.65. The number of methoxy groups -OCH3 is 2. The van der Waals surface area contributed by atoms with E-state index in [4.69, 9.17) is 18.9 Å². The second-order valence-corrected chi connectivity index (χ2v) is 7.10. The predicted molar refractivity (Wildman–Crippen MR) is 98.6 cm³/mol. The molecule has 0 aromatic heterocycles. The van der Waals surface area contributed by atoms with Gasteiger partial charge in [0.2, 0.25) is 12.7 Å². The Kier molecular flexibility index (Phi) is 3.50. The second-order valence-electron chi connectivity index (χ2n) is 7.10. The third-order valence-electron chi connectivity index (χ3n) is 5.81. The Hall–Kier alpha value is -2.89. The first-order valence-electron chi connectivity index (χ1n) is 9.10. The molecule has 2 aromatic rings. The molecule has 0 fully saturated rings. The van der Waals surface area contributed by atoms with Crippen LogP contribution in [0.3, 0.4) is 0 Å². The average Bonchev–Trinajstić information content (AvgIpc) is 3.13. The van der Waals surface area contributed by atoms with Crippen molar-refractivity contribution in [3.63, 3.8) is 0 Å². The molecule has 5 rings (SSSR count). The van der Waals surface area contributed by atoms with Crippen molar-refractivity contribution >= 4 is 5.91 Å². The summed E-state index contributed by atoms with van der Waals surface area (Å²) in [6, 6.07) is 6.11. The third-order valence-corrected chi connectivity index (χ3v) is 5.81. The molecule has 2 aliphatic heterocycles. The highest BCUT2D eigenvalue weighted by molar-refractivity contribution is 5.86. The molecule has 0 bridgehead atoms. The number of amides is 1. The van der Waals surface area contributed by atoms with Crippen LogP contribution in [0.4, 0.5) is 0 Å². The van der Waals surface area contributed by atoms with E-state index in [0.717, 1.165) is 41.0 Å². The lowest BCUT2D eigenvalue weighted by atomic mass is 9.76. The highest BCUT2D eigenvalue weighted by Crippen LogP contribution is 2.54. The van der Waals surface area contributed by atoms with Gasteiger partial charge in [-0.3, -0.25) is 4.79 Å². The Balaban J connectivity index is 1.83. The van der Waals surface area contributed by atoms with Crippen LogP contribution >= 0.6 is 0 Å². The zero-order chi connectivity index (χ0) is 18.7. The van der Waals surface area contributed by atoms with Gasteiger partial charge in [0.25, 0.3) is 0 Å². The summed E-state index contributed by atoms with van der Waals surface area (Å²) in [7, 11) is 3.31. The van der Waals surface area contributed by atoms with E-state index in [1.165, 1.54) is 11.1 Å². The molecule has 1 amide bonds. The van der Waals surface area contributed by atoms with E-state index in [1.54, 1.807) is 21.1 Å². The van der Waals surface area contributed by atoms with E-state index in [0.29, 0.717) is 18.0 Å². The lowest BCUT2D eigenvalue weighted by Crippen LogP contribution is -2.41. The first-order valence-corrected chi connectivity index (χ1v) is 9.10. The summed E-state index contributed by atoms with van der Waals surface area (Å²) in [6.07, 6.45) is 1.56. The number of hydrogen-bond donors (Lipinski definition) is 0. The molecule has 27 heavy (non-hydrogen) atoms. The molecule has 0 saturated heterocycles.